The van der Waals surface area contributed by atoms with Crippen molar-refractivity contribution in [3.05, 3.63) is 35.4 Å². The molecule has 1 amide bonds. The summed E-state index contributed by atoms with van der Waals surface area (Å²) in [6.45, 7) is 3.59. The first-order valence-corrected chi connectivity index (χ1v) is 9.66. The molecule has 1 N–H and O–H groups in total. The number of nitrogens with zero attached hydrogens (tertiary/aromatic N) is 1. The topological polar surface area (TPSA) is 76.1 Å². The average molecular weight is 375 g/mol. The molecule has 6 nitrogen and oxygen atoms in total. The number of ether oxygens (including phenoxy) is 2. The van der Waals surface area contributed by atoms with Crippen molar-refractivity contribution in [3.63, 3.8) is 0 Å². The number of benzene rings is 1. The number of aryl methyl sites for hydroxylation is 1. The van der Waals surface area contributed by atoms with E-state index in [9.17, 15) is 14.7 Å². The van der Waals surface area contributed by atoms with Crippen molar-refractivity contribution in [1.82, 2.24) is 4.90 Å². The number of amides is 1. The second-order valence-electron chi connectivity index (χ2n) is 7.83. The van der Waals surface area contributed by atoms with Crippen LogP contribution in [0.5, 0.6) is 0 Å². The Morgan fingerprint density at radius 3 is 2.70 bits per heavy atom. The number of carbonyl (C=O) groups excluding carboxylic acids is 1. The first-order chi connectivity index (χ1) is 13.0. The summed E-state index contributed by atoms with van der Waals surface area (Å²) < 4.78 is 11.2. The minimum atomic E-state index is -1.02. The number of carboxylic acid groups (broad SMARTS) is 1. The fraction of sp³-hybridized carbons (Fsp3) is 0.619. The van der Waals surface area contributed by atoms with Crippen LogP contribution in [0.1, 0.15) is 42.9 Å². The normalized spacial score (nSPS) is 28.7. The molecule has 2 heterocycles. The highest BCUT2D eigenvalue weighted by Gasteiger charge is 2.46. The summed E-state index contributed by atoms with van der Waals surface area (Å²) in [5.41, 5.74) is 1.16. The molecule has 6 heteroatoms. The van der Waals surface area contributed by atoms with Gasteiger partial charge in [-0.25, -0.2) is 0 Å². The van der Waals surface area contributed by atoms with Gasteiger partial charge in [-0.1, -0.05) is 29.8 Å². The second kappa shape index (κ2) is 8.40. The molecular weight excluding hydrogens is 346 g/mol. The largest absolute Gasteiger partial charge is 0.481 e. The van der Waals surface area contributed by atoms with E-state index < -0.39 is 11.4 Å². The highest BCUT2D eigenvalue weighted by Crippen LogP contribution is 2.38. The van der Waals surface area contributed by atoms with Gasteiger partial charge in [-0.3, -0.25) is 9.59 Å². The highest BCUT2D eigenvalue weighted by atomic mass is 16.5. The van der Waals surface area contributed by atoms with E-state index >= 15 is 0 Å². The minimum Gasteiger partial charge on any atom is -0.481 e. The summed E-state index contributed by atoms with van der Waals surface area (Å²) in [4.78, 5) is 26.9. The van der Waals surface area contributed by atoms with Crippen molar-refractivity contribution in [3.8, 4) is 0 Å². The molecule has 2 saturated heterocycles. The highest BCUT2D eigenvalue weighted by molar-refractivity contribution is 5.82. The van der Waals surface area contributed by atoms with Gasteiger partial charge in [-0.15, -0.1) is 0 Å². The van der Waals surface area contributed by atoms with Crippen molar-refractivity contribution in [2.45, 2.75) is 38.7 Å². The van der Waals surface area contributed by atoms with Crippen molar-refractivity contribution < 1.29 is 24.2 Å². The Morgan fingerprint density at radius 1 is 1.30 bits per heavy atom. The van der Waals surface area contributed by atoms with Gasteiger partial charge >= 0.3 is 5.97 Å². The maximum atomic E-state index is 13.3. The Kier molecular flexibility index (Phi) is 6.17. The number of hydrogen-bond donors (Lipinski definition) is 1. The Bertz CT molecular complexity index is 670. The van der Waals surface area contributed by atoms with E-state index in [1.807, 2.05) is 31.2 Å². The van der Waals surface area contributed by atoms with E-state index in [-0.39, 0.29) is 31.1 Å². The number of piperidine rings is 1. The Morgan fingerprint density at radius 2 is 2.04 bits per heavy atom. The standard InChI is InChI=1S/C21H29NO5/c1-15-6-8-16(9-7-15)18-17(5-3-12-27-18)19(23)22-11-4-10-21(13-22,14-26-2)20(24)25/h6-9,17-18H,3-5,10-14H2,1-2H3,(H,24,25). The van der Waals surface area contributed by atoms with Gasteiger partial charge in [-0.05, 0) is 38.2 Å². The minimum absolute atomic E-state index is 0.00158. The molecule has 0 aliphatic carbocycles. The van der Waals surface area contributed by atoms with E-state index in [0.29, 0.717) is 26.0 Å². The third kappa shape index (κ3) is 4.17. The molecule has 2 aliphatic rings. The van der Waals surface area contributed by atoms with Crippen molar-refractivity contribution in [2.75, 3.05) is 33.4 Å². The maximum Gasteiger partial charge on any atom is 0.313 e. The number of methoxy groups -OCH3 is 1. The summed E-state index contributed by atoms with van der Waals surface area (Å²) in [6.07, 6.45) is 2.54. The van der Waals surface area contributed by atoms with Crippen LogP contribution in [0, 0.1) is 18.3 Å². The smallest absolute Gasteiger partial charge is 0.313 e. The van der Waals surface area contributed by atoms with E-state index in [1.54, 1.807) is 4.90 Å². The molecule has 1 aromatic carbocycles. The number of carboxylic acids is 1. The lowest BCUT2D eigenvalue weighted by Gasteiger charge is -2.42. The predicted molar refractivity (Wildman–Crippen MR) is 100 cm³/mol. The van der Waals surface area contributed by atoms with Gasteiger partial charge in [0.2, 0.25) is 5.91 Å². The van der Waals surface area contributed by atoms with Crippen LogP contribution in [0.15, 0.2) is 24.3 Å². The van der Waals surface area contributed by atoms with Crippen LogP contribution in [0.25, 0.3) is 0 Å². The van der Waals surface area contributed by atoms with Gasteiger partial charge in [-0.2, -0.15) is 0 Å². The molecule has 3 rings (SSSR count). The monoisotopic (exact) mass is 375 g/mol. The van der Waals surface area contributed by atoms with Crippen LogP contribution in [0.2, 0.25) is 0 Å². The SMILES string of the molecule is COCC1(C(=O)O)CCCN(C(=O)C2CCCOC2c2ccc(C)cc2)C1. The van der Waals surface area contributed by atoms with Crippen molar-refractivity contribution >= 4 is 11.9 Å². The molecular formula is C21H29NO5. The summed E-state index contributed by atoms with van der Waals surface area (Å²) in [5.74, 6) is -1.16. The van der Waals surface area contributed by atoms with Crippen LogP contribution in [0.3, 0.4) is 0 Å². The first kappa shape index (κ1) is 19.8. The zero-order chi connectivity index (χ0) is 19.4. The number of carbonyl (C=O) groups is 2. The summed E-state index contributed by atoms with van der Waals surface area (Å²) >= 11 is 0. The van der Waals surface area contributed by atoms with Gasteiger partial charge in [0.05, 0.1) is 18.6 Å². The predicted octanol–water partition coefficient (Wildman–Crippen LogP) is 2.80. The zero-order valence-electron chi connectivity index (χ0n) is 16.1. The fourth-order valence-electron chi connectivity index (χ4n) is 4.30. The van der Waals surface area contributed by atoms with Gasteiger partial charge in [0, 0.05) is 26.8 Å². The number of likely N-dealkylation sites (tertiary alicyclic amines) is 1. The summed E-state index contributed by atoms with van der Waals surface area (Å²) in [7, 11) is 1.51. The lowest BCUT2D eigenvalue weighted by molar-refractivity contribution is -0.162. The molecule has 148 valence electrons. The molecule has 3 unspecified atom stereocenters. The van der Waals surface area contributed by atoms with E-state index in [2.05, 4.69) is 0 Å². The zero-order valence-corrected chi connectivity index (χ0v) is 16.1. The summed E-state index contributed by atoms with van der Waals surface area (Å²) in [5, 5.41) is 9.74. The molecule has 0 radical (unpaired) electrons. The van der Waals surface area contributed by atoms with Gasteiger partial charge in [0.1, 0.15) is 5.41 Å². The molecule has 27 heavy (non-hydrogen) atoms. The molecule has 0 spiro atoms. The van der Waals surface area contributed by atoms with Crippen LogP contribution in [0.4, 0.5) is 0 Å². The number of rotatable bonds is 5. The Labute approximate surface area is 160 Å². The summed E-state index contributed by atoms with van der Waals surface area (Å²) in [6, 6.07) is 8.11. The molecule has 0 saturated carbocycles. The second-order valence-corrected chi connectivity index (χ2v) is 7.83. The molecule has 0 bridgehead atoms. The Hall–Kier alpha value is -1.92. The van der Waals surface area contributed by atoms with Crippen LogP contribution in [-0.4, -0.2) is 55.3 Å². The Balaban J connectivity index is 1.79. The molecule has 0 aromatic heterocycles. The van der Waals surface area contributed by atoms with E-state index in [1.165, 1.54) is 12.7 Å². The fourth-order valence-corrected chi connectivity index (χ4v) is 4.30. The lowest BCUT2D eigenvalue weighted by atomic mass is 9.79. The van der Waals surface area contributed by atoms with Gasteiger partial charge in [0.15, 0.2) is 0 Å². The first-order valence-electron chi connectivity index (χ1n) is 9.66. The molecule has 2 aliphatic heterocycles. The molecule has 2 fully saturated rings. The van der Waals surface area contributed by atoms with Crippen molar-refractivity contribution in [2.24, 2.45) is 11.3 Å². The lowest BCUT2D eigenvalue weighted by Crippen LogP contribution is -2.54. The third-order valence-corrected chi connectivity index (χ3v) is 5.81. The van der Waals surface area contributed by atoms with E-state index in [0.717, 1.165) is 18.4 Å². The van der Waals surface area contributed by atoms with Gasteiger partial charge < -0.3 is 19.5 Å². The molecule has 1 aromatic rings. The van der Waals surface area contributed by atoms with Crippen molar-refractivity contribution in [1.29, 1.82) is 0 Å². The quantitative estimate of drug-likeness (QED) is 0.856. The van der Waals surface area contributed by atoms with E-state index in [4.69, 9.17) is 9.47 Å². The average Bonchev–Trinajstić information content (AvgIpc) is 2.68. The van der Waals surface area contributed by atoms with Crippen LogP contribution >= 0.6 is 0 Å². The third-order valence-electron chi connectivity index (χ3n) is 5.81. The number of aliphatic carboxylic acids is 1. The molecule has 3 atom stereocenters. The van der Waals surface area contributed by atoms with Crippen LogP contribution in [-0.2, 0) is 19.1 Å². The maximum absolute atomic E-state index is 13.3. The van der Waals surface area contributed by atoms with Crippen LogP contribution < -0.4 is 0 Å². The number of hydrogen-bond acceptors (Lipinski definition) is 4. The van der Waals surface area contributed by atoms with Gasteiger partial charge in [0.25, 0.3) is 0 Å².